The summed E-state index contributed by atoms with van der Waals surface area (Å²) in [5.41, 5.74) is 2.08. The predicted molar refractivity (Wildman–Crippen MR) is 139 cm³/mol. The Balaban J connectivity index is 1.42. The molecule has 5 nitrogen and oxygen atoms in total. The second kappa shape index (κ2) is 12.1. The molecule has 2 aliphatic rings. The van der Waals surface area contributed by atoms with Gasteiger partial charge in [0.2, 0.25) is 11.8 Å². The Labute approximate surface area is 212 Å². The van der Waals surface area contributed by atoms with Gasteiger partial charge in [-0.2, -0.15) is 0 Å². The summed E-state index contributed by atoms with van der Waals surface area (Å²) in [6, 6.07) is 8.76. The summed E-state index contributed by atoms with van der Waals surface area (Å²) in [6.07, 6.45) is 5.72. The lowest BCUT2D eigenvalue weighted by Crippen LogP contribution is -2.45. The smallest absolute Gasteiger partial charge is 0.236 e. The van der Waals surface area contributed by atoms with Gasteiger partial charge in [-0.3, -0.25) is 14.5 Å². The van der Waals surface area contributed by atoms with Crippen molar-refractivity contribution in [2.75, 3.05) is 39.3 Å². The lowest BCUT2D eigenvalue weighted by molar-refractivity contribution is -0.137. The number of fused-ring (bicyclic) bond motifs is 1. The zero-order valence-corrected chi connectivity index (χ0v) is 21.9. The van der Waals surface area contributed by atoms with Crippen LogP contribution >= 0.6 is 11.3 Å². The molecule has 2 atom stereocenters. The number of hydrogen-bond acceptors (Lipinski definition) is 4. The summed E-state index contributed by atoms with van der Waals surface area (Å²) in [4.78, 5) is 33.9. The zero-order valence-electron chi connectivity index (χ0n) is 21.0. The maximum atomic E-state index is 14.1. The van der Waals surface area contributed by atoms with Crippen LogP contribution in [0.2, 0.25) is 0 Å². The molecule has 2 aromatic rings. The van der Waals surface area contributed by atoms with Crippen LogP contribution in [-0.4, -0.2) is 65.8 Å². The van der Waals surface area contributed by atoms with Gasteiger partial charge in [0.1, 0.15) is 5.82 Å². The molecule has 0 spiro atoms. The molecule has 190 valence electrons. The highest BCUT2D eigenvalue weighted by Gasteiger charge is 2.33. The van der Waals surface area contributed by atoms with E-state index in [0.717, 1.165) is 57.2 Å². The first kappa shape index (κ1) is 25.8. The summed E-state index contributed by atoms with van der Waals surface area (Å²) < 4.78 is 14.1. The van der Waals surface area contributed by atoms with Crippen molar-refractivity contribution in [2.24, 2.45) is 5.92 Å². The molecule has 2 aliphatic heterocycles. The third-order valence-corrected chi connectivity index (χ3v) is 8.47. The number of amides is 2. The second-order valence-electron chi connectivity index (χ2n) is 9.78. The van der Waals surface area contributed by atoms with Crippen LogP contribution in [-0.2, 0) is 16.0 Å². The first-order chi connectivity index (χ1) is 17.0. The van der Waals surface area contributed by atoms with Gasteiger partial charge in [-0.05, 0) is 60.4 Å². The summed E-state index contributed by atoms with van der Waals surface area (Å²) in [5, 5.41) is 2.09. The molecule has 1 aromatic carbocycles. The van der Waals surface area contributed by atoms with Crippen molar-refractivity contribution < 1.29 is 14.0 Å². The summed E-state index contributed by atoms with van der Waals surface area (Å²) >= 11 is 1.74. The largest absolute Gasteiger partial charge is 0.341 e. The average molecular weight is 500 g/mol. The van der Waals surface area contributed by atoms with Gasteiger partial charge in [0.25, 0.3) is 0 Å². The molecule has 0 bridgehead atoms. The molecule has 0 radical (unpaired) electrons. The van der Waals surface area contributed by atoms with Gasteiger partial charge in [0.15, 0.2) is 0 Å². The van der Waals surface area contributed by atoms with Crippen LogP contribution in [0.15, 0.2) is 35.7 Å². The van der Waals surface area contributed by atoms with Crippen molar-refractivity contribution in [1.82, 2.24) is 14.7 Å². The number of thiophene rings is 1. The van der Waals surface area contributed by atoms with Crippen molar-refractivity contribution >= 4 is 23.2 Å². The van der Waals surface area contributed by atoms with Crippen LogP contribution in [0, 0.1) is 11.7 Å². The fraction of sp³-hybridized carbons (Fsp3) is 0.571. The van der Waals surface area contributed by atoms with E-state index >= 15 is 0 Å². The molecule has 0 N–H and O–H groups in total. The fourth-order valence-electron chi connectivity index (χ4n) is 5.48. The Hall–Kier alpha value is -2.25. The minimum atomic E-state index is -0.252. The second-order valence-corrected chi connectivity index (χ2v) is 10.8. The van der Waals surface area contributed by atoms with Gasteiger partial charge in [0.05, 0.1) is 12.6 Å². The SMILES string of the molecule is CCCC[C@H](CC)C(=O)N1CCCN(C(=O)CN2CCc3sccc3[C@H]2c2cccc(F)c2)CC1. The lowest BCUT2D eigenvalue weighted by atomic mass is 9.93. The summed E-state index contributed by atoms with van der Waals surface area (Å²) in [7, 11) is 0. The molecule has 4 rings (SSSR count). The van der Waals surface area contributed by atoms with E-state index in [-0.39, 0.29) is 29.6 Å². The number of carbonyl (C=O) groups excluding carboxylic acids is 2. The van der Waals surface area contributed by atoms with E-state index in [1.807, 2.05) is 15.9 Å². The number of halogens is 1. The topological polar surface area (TPSA) is 43.9 Å². The van der Waals surface area contributed by atoms with Gasteiger partial charge in [-0.1, -0.05) is 38.8 Å². The molecule has 0 aliphatic carbocycles. The number of benzene rings is 1. The Morgan fingerprint density at radius 2 is 1.89 bits per heavy atom. The number of hydrogen-bond donors (Lipinski definition) is 0. The first-order valence-electron chi connectivity index (χ1n) is 13.1. The quantitative estimate of drug-likeness (QED) is 0.507. The maximum Gasteiger partial charge on any atom is 0.236 e. The normalized spacial score (nSPS) is 19.8. The number of unbranched alkanes of at least 4 members (excludes halogenated alkanes) is 1. The van der Waals surface area contributed by atoms with Gasteiger partial charge < -0.3 is 9.80 Å². The van der Waals surface area contributed by atoms with Crippen LogP contribution in [0.3, 0.4) is 0 Å². The predicted octanol–water partition coefficient (Wildman–Crippen LogP) is 5.11. The van der Waals surface area contributed by atoms with E-state index < -0.39 is 0 Å². The Morgan fingerprint density at radius 3 is 2.66 bits per heavy atom. The highest BCUT2D eigenvalue weighted by atomic mass is 32.1. The third-order valence-electron chi connectivity index (χ3n) is 7.48. The Morgan fingerprint density at radius 1 is 1.09 bits per heavy atom. The van der Waals surface area contributed by atoms with Crippen LogP contribution in [0.5, 0.6) is 0 Å². The number of nitrogens with zero attached hydrogens (tertiary/aromatic N) is 3. The van der Waals surface area contributed by atoms with E-state index in [1.54, 1.807) is 23.5 Å². The van der Waals surface area contributed by atoms with Crippen LogP contribution < -0.4 is 0 Å². The lowest BCUT2D eigenvalue weighted by Gasteiger charge is -2.37. The Kier molecular flexibility index (Phi) is 8.95. The van der Waals surface area contributed by atoms with E-state index in [1.165, 1.54) is 16.5 Å². The summed E-state index contributed by atoms with van der Waals surface area (Å²) in [6.45, 7) is 7.92. The minimum Gasteiger partial charge on any atom is -0.341 e. The van der Waals surface area contributed by atoms with E-state index in [9.17, 15) is 14.0 Å². The molecule has 0 saturated carbocycles. The van der Waals surface area contributed by atoms with E-state index in [2.05, 4.69) is 30.2 Å². The molecule has 7 heteroatoms. The molecule has 3 heterocycles. The van der Waals surface area contributed by atoms with Crippen molar-refractivity contribution in [3.05, 3.63) is 57.5 Å². The monoisotopic (exact) mass is 499 g/mol. The first-order valence-corrected chi connectivity index (χ1v) is 14.0. The average Bonchev–Trinajstić information content (AvgIpc) is 3.19. The molecular weight excluding hydrogens is 461 g/mol. The highest BCUT2D eigenvalue weighted by molar-refractivity contribution is 7.10. The van der Waals surface area contributed by atoms with Gasteiger partial charge in [-0.15, -0.1) is 11.3 Å². The van der Waals surface area contributed by atoms with Crippen molar-refractivity contribution in [1.29, 1.82) is 0 Å². The van der Waals surface area contributed by atoms with Crippen molar-refractivity contribution in [3.63, 3.8) is 0 Å². The fourth-order valence-corrected chi connectivity index (χ4v) is 6.38. The number of carbonyl (C=O) groups is 2. The molecule has 0 unspecified atom stereocenters. The summed E-state index contributed by atoms with van der Waals surface area (Å²) in [5.74, 6) is 0.190. The zero-order chi connectivity index (χ0) is 24.8. The van der Waals surface area contributed by atoms with E-state index in [4.69, 9.17) is 0 Å². The van der Waals surface area contributed by atoms with Gasteiger partial charge >= 0.3 is 0 Å². The van der Waals surface area contributed by atoms with Crippen molar-refractivity contribution in [2.45, 2.75) is 58.4 Å². The standard InChI is InChI=1S/C28H38FN3O2S/c1-3-5-8-21(4-2)28(34)31-14-7-13-30(16-17-31)26(33)20-32-15-11-25-24(12-18-35-25)27(32)22-9-6-10-23(29)19-22/h6,9-10,12,18-19,21,27H,3-5,7-8,11,13-17,20H2,1-2H3/t21-,27+/m0/s1. The molecule has 2 amide bonds. The van der Waals surface area contributed by atoms with Gasteiger partial charge in [-0.25, -0.2) is 4.39 Å². The third kappa shape index (κ3) is 6.12. The minimum absolute atomic E-state index is 0.0948. The van der Waals surface area contributed by atoms with E-state index in [0.29, 0.717) is 26.2 Å². The molecule has 1 fully saturated rings. The highest BCUT2D eigenvalue weighted by Crippen LogP contribution is 2.37. The Bertz CT molecular complexity index is 1010. The molecule has 1 aromatic heterocycles. The molecular formula is C28H38FN3O2S. The van der Waals surface area contributed by atoms with Crippen molar-refractivity contribution in [3.8, 4) is 0 Å². The van der Waals surface area contributed by atoms with Crippen LogP contribution in [0.25, 0.3) is 0 Å². The van der Waals surface area contributed by atoms with Crippen LogP contribution in [0.4, 0.5) is 4.39 Å². The number of rotatable bonds is 8. The van der Waals surface area contributed by atoms with Crippen LogP contribution in [0.1, 0.15) is 68.0 Å². The maximum absolute atomic E-state index is 14.1. The van der Waals surface area contributed by atoms with Gasteiger partial charge in [0, 0.05) is 43.5 Å². The molecule has 35 heavy (non-hydrogen) atoms. The molecule has 1 saturated heterocycles.